The van der Waals surface area contributed by atoms with Gasteiger partial charge in [0.1, 0.15) is 0 Å². The number of benzene rings is 1. The van der Waals surface area contributed by atoms with Crippen LogP contribution < -0.4 is 5.32 Å². The fraction of sp³-hybridized carbons (Fsp3) is 0.438. The van der Waals surface area contributed by atoms with Crippen molar-refractivity contribution in [2.45, 2.75) is 39.0 Å². The van der Waals surface area contributed by atoms with Gasteiger partial charge in [0.25, 0.3) is 0 Å². The molecule has 2 atom stereocenters. The Labute approximate surface area is 119 Å². The topological polar surface area (TPSA) is 60.9 Å². The van der Waals surface area contributed by atoms with Crippen LogP contribution in [-0.4, -0.2) is 27.4 Å². The lowest BCUT2D eigenvalue weighted by molar-refractivity contribution is -0.0729. The maximum Gasteiger partial charge on any atom is 0.0695 e. The number of rotatable bonds is 4. The summed E-state index contributed by atoms with van der Waals surface area (Å²) in [5.74, 6) is 0. The van der Waals surface area contributed by atoms with Gasteiger partial charge in [0.15, 0.2) is 0 Å². The van der Waals surface area contributed by atoms with E-state index >= 15 is 0 Å². The summed E-state index contributed by atoms with van der Waals surface area (Å²) in [6, 6.07) is 10.6. The highest BCUT2D eigenvalue weighted by Gasteiger charge is 2.46. The number of H-pyrrole nitrogens is 1. The molecule has 1 saturated carbocycles. The maximum atomic E-state index is 9.78. The number of nitrogens with zero attached hydrogens (tertiary/aromatic N) is 1. The van der Waals surface area contributed by atoms with Crippen LogP contribution in [0.4, 0.5) is 0 Å². The number of aliphatic hydroxyl groups excluding tert-OH is 1. The third kappa shape index (κ3) is 2.25. The first-order chi connectivity index (χ1) is 9.59. The average molecular weight is 271 g/mol. The Kier molecular flexibility index (Phi) is 3.36. The van der Waals surface area contributed by atoms with Gasteiger partial charge in [-0.2, -0.15) is 5.10 Å². The second-order valence-electron chi connectivity index (χ2n) is 6.14. The van der Waals surface area contributed by atoms with Crippen LogP contribution in [0.3, 0.4) is 0 Å². The summed E-state index contributed by atoms with van der Waals surface area (Å²) in [4.78, 5) is 0. The number of hydrogen-bond donors (Lipinski definition) is 3. The van der Waals surface area contributed by atoms with E-state index in [1.54, 1.807) is 0 Å². The van der Waals surface area contributed by atoms with Gasteiger partial charge in [-0.15, -0.1) is 0 Å². The van der Waals surface area contributed by atoms with Gasteiger partial charge < -0.3 is 10.4 Å². The summed E-state index contributed by atoms with van der Waals surface area (Å²) in [6.45, 7) is 4.97. The number of aromatic amines is 1. The lowest BCUT2D eigenvalue weighted by atomic mass is 9.64. The van der Waals surface area contributed by atoms with E-state index in [4.69, 9.17) is 0 Å². The van der Waals surface area contributed by atoms with E-state index in [0.717, 1.165) is 29.8 Å². The Bertz CT molecular complexity index is 576. The van der Waals surface area contributed by atoms with Crippen molar-refractivity contribution >= 4 is 0 Å². The van der Waals surface area contributed by atoms with Gasteiger partial charge in [-0.3, -0.25) is 5.10 Å². The highest BCUT2D eigenvalue weighted by Crippen LogP contribution is 2.40. The van der Waals surface area contributed by atoms with Crippen molar-refractivity contribution in [3.05, 3.63) is 42.1 Å². The second-order valence-corrected chi connectivity index (χ2v) is 6.14. The van der Waals surface area contributed by atoms with Crippen LogP contribution in [0.5, 0.6) is 0 Å². The molecule has 0 amide bonds. The van der Waals surface area contributed by atoms with Crippen molar-refractivity contribution in [1.29, 1.82) is 0 Å². The van der Waals surface area contributed by atoms with Crippen LogP contribution in [0.2, 0.25) is 0 Å². The molecule has 2 unspecified atom stereocenters. The SMILES string of the molecule is CC1(C)C(O)CC1NCc1cn[nH]c1-c1ccccc1. The Balaban J connectivity index is 1.70. The van der Waals surface area contributed by atoms with Crippen molar-refractivity contribution in [3.8, 4) is 11.3 Å². The molecule has 1 fully saturated rings. The number of aliphatic hydroxyl groups is 1. The Hall–Kier alpha value is -1.65. The zero-order valence-electron chi connectivity index (χ0n) is 11.9. The first-order valence-corrected chi connectivity index (χ1v) is 7.08. The number of nitrogens with one attached hydrogen (secondary N) is 2. The monoisotopic (exact) mass is 271 g/mol. The molecule has 1 aliphatic rings. The van der Waals surface area contributed by atoms with Crippen molar-refractivity contribution in [3.63, 3.8) is 0 Å². The van der Waals surface area contributed by atoms with Crippen molar-refractivity contribution in [2.24, 2.45) is 5.41 Å². The fourth-order valence-electron chi connectivity index (χ4n) is 2.78. The van der Waals surface area contributed by atoms with Crippen LogP contribution in [0.1, 0.15) is 25.8 Å². The van der Waals surface area contributed by atoms with E-state index in [1.807, 2.05) is 24.4 Å². The Morgan fingerprint density at radius 3 is 2.75 bits per heavy atom. The molecule has 1 aromatic carbocycles. The lowest BCUT2D eigenvalue weighted by Gasteiger charge is -2.49. The van der Waals surface area contributed by atoms with Crippen LogP contribution >= 0.6 is 0 Å². The summed E-state index contributed by atoms with van der Waals surface area (Å²) < 4.78 is 0. The first kappa shape index (κ1) is 13.3. The van der Waals surface area contributed by atoms with Gasteiger partial charge in [-0.1, -0.05) is 44.2 Å². The molecule has 0 aliphatic heterocycles. The van der Waals surface area contributed by atoms with Crippen molar-refractivity contribution < 1.29 is 5.11 Å². The Morgan fingerprint density at radius 1 is 1.35 bits per heavy atom. The summed E-state index contributed by atoms with van der Waals surface area (Å²) >= 11 is 0. The zero-order chi connectivity index (χ0) is 14.2. The van der Waals surface area contributed by atoms with Gasteiger partial charge in [-0.25, -0.2) is 0 Å². The normalized spacial score (nSPS) is 24.4. The maximum absolute atomic E-state index is 9.78. The number of aromatic nitrogens is 2. The molecule has 1 heterocycles. The molecule has 0 spiro atoms. The smallest absolute Gasteiger partial charge is 0.0695 e. The van der Waals surface area contributed by atoms with Crippen LogP contribution in [0, 0.1) is 5.41 Å². The van der Waals surface area contributed by atoms with Gasteiger partial charge in [-0.05, 0) is 12.0 Å². The minimum absolute atomic E-state index is 0.0450. The molecule has 106 valence electrons. The highest BCUT2D eigenvalue weighted by molar-refractivity contribution is 5.62. The molecular weight excluding hydrogens is 250 g/mol. The zero-order valence-corrected chi connectivity index (χ0v) is 11.9. The van der Waals surface area contributed by atoms with E-state index in [9.17, 15) is 5.11 Å². The molecule has 3 N–H and O–H groups in total. The third-order valence-corrected chi connectivity index (χ3v) is 4.54. The quantitative estimate of drug-likeness (QED) is 0.800. The average Bonchev–Trinajstić information content (AvgIpc) is 2.92. The van der Waals surface area contributed by atoms with Gasteiger partial charge in [0.2, 0.25) is 0 Å². The van der Waals surface area contributed by atoms with E-state index in [-0.39, 0.29) is 11.5 Å². The predicted octanol–water partition coefficient (Wildman–Crippen LogP) is 2.33. The van der Waals surface area contributed by atoms with Crippen molar-refractivity contribution in [2.75, 3.05) is 0 Å². The highest BCUT2D eigenvalue weighted by atomic mass is 16.3. The summed E-state index contributed by atoms with van der Waals surface area (Å²) in [5, 5.41) is 20.5. The molecule has 0 bridgehead atoms. The first-order valence-electron chi connectivity index (χ1n) is 7.08. The lowest BCUT2D eigenvalue weighted by Crippen LogP contribution is -2.59. The third-order valence-electron chi connectivity index (χ3n) is 4.54. The van der Waals surface area contributed by atoms with E-state index < -0.39 is 0 Å². The van der Waals surface area contributed by atoms with Crippen molar-refractivity contribution in [1.82, 2.24) is 15.5 Å². The molecule has 4 heteroatoms. The van der Waals surface area contributed by atoms with Crippen LogP contribution in [0.15, 0.2) is 36.5 Å². The molecule has 1 aromatic heterocycles. The van der Waals surface area contributed by atoms with Crippen LogP contribution in [0.25, 0.3) is 11.3 Å². The molecular formula is C16H21N3O. The van der Waals surface area contributed by atoms with E-state index in [0.29, 0.717) is 6.04 Å². The van der Waals surface area contributed by atoms with Gasteiger partial charge in [0.05, 0.1) is 18.0 Å². The Morgan fingerprint density at radius 2 is 2.10 bits per heavy atom. The van der Waals surface area contributed by atoms with E-state index in [2.05, 4.69) is 41.5 Å². The minimum atomic E-state index is -0.196. The summed E-state index contributed by atoms with van der Waals surface area (Å²) in [6.07, 6.45) is 2.50. The van der Waals surface area contributed by atoms with Gasteiger partial charge in [0, 0.05) is 23.6 Å². The van der Waals surface area contributed by atoms with Gasteiger partial charge >= 0.3 is 0 Å². The standard InChI is InChI=1S/C16H21N3O/c1-16(2)13(8-14(16)20)17-9-12-10-18-19-15(12)11-6-4-3-5-7-11/h3-7,10,13-14,17,20H,8-9H2,1-2H3,(H,18,19). The molecule has 0 radical (unpaired) electrons. The summed E-state index contributed by atoms with van der Waals surface area (Å²) in [5.41, 5.74) is 3.33. The molecule has 20 heavy (non-hydrogen) atoms. The number of hydrogen-bond acceptors (Lipinski definition) is 3. The predicted molar refractivity (Wildman–Crippen MR) is 79.1 cm³/mol. The fourth-order valence-corrected chi connectivity index (χ4v) is 2.78. The van der Waals surface area contributed by atoms with Crippen LogP contribution in [-0.2, 0) is 6.54 Å². The van der Waals surface area contributed by atoms with E-state index in [1.165, 1.54) is 0 Å². The second kappa shape index (κ2) is 5.04. The molecule has 1 aliphatic carbocycles. The molecule has 0 saturated heterocycles. The minimum Gasteiger partial charge on any atom is -0.392 e. The summed E-state index contributed by atoms with van der Waals surface area (Å²) in [7, 11) is 0. The molecule has 3 rings (SSSR count). The molecule has 4 nitrogen and oxygen atoms in total. The molecule has 2 aromatic rings. The largest absolute Gasteiger partial charge is 0.392 e.